The SMILES string of the molecule is CN1C(=O)C(C)(C)c2cc(-c3csc(NS(=O)(=O)c4cccs4)n3)ccc21. The lowest BCUT2D eigenvalue weighted by Crippen LogP contribution is -2.33. The van der Waals surface area contributed by atoms with E-state index in [1.165, 1.54) is 11.3 Å². The van der Waals surface area contributed by atoms with Crippen LogP contribution in [0.4, 0.5) is 10.8 Å². The molecule has 0 fully saturated rings. The van der Waals surface area contributed by atoms with Gasteiger partial charge in [-0.05, 0) is 43.0 Å². The number of rotatable bonds is 4. The summed E-state index contributed by atoms with van der Waals surface area (Å²) < 4.78 is 27.5. The number of nitrogens with zero attached hydrogens (tertiary/aromatic N) is 2. The first-order chi connectivity index (χ1) is 12.7. The molecule has 0 unspecified atom stereocenters. The molecule has 0 spiro atoms. The Labute approximate surface area is 165 Å². The van der Waals surface area contributed by atoms with Crippen molar-refractivity contribution in [1.82, 2.24) is 4.98 Å². The van der Waals surface area contributed by atoms with Crippen LogP contribution in [0.2, 0.25) is 0 Å². The molecule has 0 atom stereocenters. The first-order valence-electron chi connectivity index (χ1n) is 8.15. The van der Waals surface area contributed by atoms with Gasteiger partial charge in [0.25, 0.3) is 10.0 Å². The number of hydrogen-bond donors (Lipinski definition) is 1. The second-order valence-electron chi connectivity index (χ2n) is 6.80. The fourth-order valence-corrected chi connectivity index (χ4v) is 6.13. The smallest absolute Gasteiger partial charge is 0.273 e. The first kappa shape index (κ1) is 18.1. The minimum absolute atomic E-state index is 0.0531. The van der Waals surface area contributed by atoms with Crippen LogP contribution in [0.15, 0.2) is 45.3 Å². The highest BCUT2D eigenvalue weighted by Crippen LogP contribution is 2.42. The average molecular weight is 420 g/mol. The number of nitrogens with one attached hydrogen (secondary N) is 1. The lowest BCUT2D eigenvalue weighted by molar-refractivity contribution is -0.121. The number of hydrogen-bond acceptors (Lipinski definition) is 6. The Hall–Kier alpha value is -2.23. The molecule has 4 rings (SSSR count). The van der Waals surface area contributed by atoms with Crippen molar-refractivity contribution in [2.24, 2.45) is 0 Å². The predicted molar refractivity (Wildman–Crippen MR) is 109 cm³/mol. The second-order valence-corrected chi connectivity index (χ2v) is 10.5. The Balaban J connectivity index is 1.66. The van der Waals surface area contributed by atoms with Crippen molar-refractivity contribution in [2.45, 2.75) is 23.5 Å². The molecule has 1 amide bonds. The summed E-state index contributed by atoms with van der Waals surface area (Å²) in [6.45, 7) is 3.81. The fraction of sp³-hybridized carbons (Fsp3) is 0.222. The van der Waals surface area contributed by atoms with Gasteiger partial charge >= 0.3 is 0 Å². The maximum absolute atomic E-state index is 12.4. The van der Waals surface area contributed by atoms with Crippen LogP contribution in [0.3, 0.4) is 0 Å². The second kappa shape index (κ2) is 6.15. The lowest BCUT2D eigenvalue weighted by Gasteiger charge is -2.16. The van der Waals surface area contributed by atoms with Gasteiger partial charge in [-0.2, -0.15) is 0 Å². The van der Waals surface area contributed by atoms with Gasteiger partial charge < -0.3 is 4.90 Å². The van der Waals surface area contributed by atoms with Crippen molar-refractivity contribution in [3.8, 4) is 11.3 Å². The van der Waals surface area contributed by atoms with E-state index in [0.29, 0.717) is 10.8 Å². The van der Waals surface area contributed by atoms with E-state index in [2.05, 4.69) is 9.71 Å². The third-order valence-corrected chi connectivity index (χ3v) is 8.28. The Bertz CT molecular complexity index is 1130. The number of anilines is 2. The number of amides is 1. The Morgan fingerprint density at radius 3 is 2.67 bits per heavy atom. The number of fused-ring (bicyclic) bond motifs is 1. The summed E-state index contributed by atoms with van der Waals surface area (Å²) in [6.07, 6.45) is 0. The monoisotopic (exact) mass is 419 g/mol. The van der Waals surface area contributed by atoms with Crippen LogP contribution in [-0.2, 0) is 20.2 Å². The molecular weight excluding hydrogens is 402 g/mol. The summed E-state index contributed by atoms with van der Waals surface area (Å²) in [5, 5.41) is 3.83. The fourth-order valence-electron chi connectivity index (χ4n) is 3.17. The van der Waals surface area contributed by atoms with Crippen molar-refractivity contribution in [3.63, 3.8) is 0 Å². The van der Waals surface area contributed by atoms with Crippen molar-refractivity contribution < 1.29 is 13.2 Å². The highest BCUT2D eigenvalue weighted by molar-refractivity contribution is 7.94. The van der Waals surface area contributed by atoms with E-state index in [9.17, 15) is 13.2 Å². The van der Waals surface area contributed by atoms with Gasteiger partial charge in [0.15, 0.2) is 5.13 Å². The van der Waals surface area contributed by atoms with E-state index >= 15 is 0 Å². The van der Waals surface area contributed by atoms with Crippen LogP contribution >= 0.6 is 22.7 Å². The van der Waals surface area contributed by atoms with Crippen LogP contribution in [0, 0.1) is 0 Å². The zero-order valence-electron chi connectivity index (χ0n) is 14.9. The molecule has 0 saturated carbocycles. The van der Waals surface area contributed by atoms with Crippen LogP contribution in [-0.4, -0.2) is 26.4 Å². The summed E-state index contributed by atoms with van der Waals surface area (Å²) in [4.78, 5) is 18.5. The van der Waals surface area contributed by atoms with Crippen LogP contribution in [0.5, 0.6) is 0 Å². The van der Waals surface area contributed by atoms with Gasteiger partial charge in [-0.15, -0.1) is 22.7 Å². The first-order valence-corrected chi connectivity index (χ1v) is 11.4. The molecule has 140 valence electrons. The molecule has 2 aromatic heterocycles. The zero-order valence-corrected chi connectivity index (χ0v) is 17.3. The van der Waals surface area contributed by atoms with E-state index in [4.69, 9.17) is 0 Å². The molecule has 0 radical (unpaired) electrons. The molecule has 3 heterocycles. The minimum Gasteiger partial charge on any atom is -0.314 e. The van der Waals surface area contributed by atoms with Crippen LogP contribution in [0.1, 0.15) is 19.4 Å². The number of sulfonamides is 1. The number of aromatic nitrogens is 1. The third-order valence-electron chi connectivity index (χ3n) is 4.65. The highest BCUT2D eigenvalue weighted by Gasteiger charge is 2.42. The van der Waals surface area contributed by atoms with Crippen molar-refractivity contribution >= 4 is 49.4 Å². The van der Waals surface area contributed by atoms with E-state index in [0.717, 1.165) is 28.2 Å². The van der Waals surface area contributed by atoms with Gasteiger partial charge in [0.05, 0.1) is 11.1 Å². The van der Waals surface area contributed by atoms with Gasteiger partial charge in [0.1, 0.15) is 4.21 Å². The van der Waals surface area contributed by atoms with Gasteiger partial charge in [-0.1, -0.05) is 12.1 Å². The Morgan fingerprint density at radius 2 is 1.96 bits per heavy atom. The molecule has 9 heteroatoms. The number of thiazole rings is 1. The summed E-state index contributed by atoms with van der Waals surface area (Å²) in [5.74, 6) is 0.0531. The maximum atomic E-state index is 12.4. The largest absolute Gasteiger partial charge is 0.314 e. The topological polar surface area (TPSA) is 79.4 Å². The van der Waals surface area contributed by atoms with Crippen LogP contribution < -0.4 is 9.62 Å². The van der Waals surface area contributed by atoms with E-state index < -0.39 is 15.4 Å². The molecule has 1 aliphatic rings. The molecule has 0 aliphatic carbocycles. The number of benzene rings is 1. The summed E-state index contributed by atoms with van der Waals surface area (Å²) in [7, 11) is -1.84. The number of likely N-dealkylation sites (N-methyl/N-ethyl adjacent to an activating group) is 1. The Kier molecular flexibility index (Phi) is 4.13. The molecule has 6 nitrogen and oxygen atoms in total. The summed E-state index contributed by atoms with van der Waals surface area (Å²) >= 11 is 2.38. The van der Waals surface area contributed by atoms with Gasteiger partial charge in [-0.25, -0.2) is 13.4 Å². The van der Waals surface area contributed by atoms with E-state index in [1.807, 2.05) is 37.4 Å². The van der Waals surface area contributed by atoms with Gasteiger partial charge in [0, 0.05) is 23.7 Å². The van der Waals surface area contributed by atoms with Crippen LogP contribution in [0.25, 0.3) is 11.3 Å². The maximum Gasteiger partial charge on any atom is 0.273 e. The van der Waals surface area contributed by atoms with Crippen molar-refractivity contribution in [3.05, 3.63) is 46.7 Å². The minimum atomic E-state index is -3.62. The normalized spacial score (nSPS) is 15.8. The molecule has 0 saturated heterocycles. The average Bonchev–Trinajstić information content (AvgIpc) is 3.34. The summed E-state index contributed by atoms with van der Waals surface area (Å²) in [6, 6.07) is 9.01. The standard InChI is InChI=1S/C18H17N3O3S3/c1-18(2)12-9-11(6-7-14(12)21(3)16(18)22)13-10-26-17(19-13)20-27(23,24)15-5-4-8-25-15/h4-10H,1-3H3,(H,19,20). The van der Waals surface area contributed by atoms with Gasteiger partial charge in [0.2, 0.25) is 5.91 Å². The third kappa shape index (κ3) is 2.95. The Morgan fingerprint density at radius 1 is 1.19 bits per heavy atom. The molecule has 0 bridgehead atoms. The zero-order chi connectivity index (χ0) is 19.4. The molecule has 1 aromatic carbocycles. The number of carbonyl (C=O) groups is 1. The molecule has 27 heavy (non-hydrogen) atoms. The van der Waals surface area contributed by atoms with Crippen molar-refractivity contribution in [1.29, 1.82) is 0 Å². The number of carbonyl (C=O) groups excluding carboxylic acids is 1. The van der Waals surface area contributed by atoms with E-state index in [-0.39, 0.29) is 10.1 Å². The van der Waals surface area contributed by atoms with E-state index in [1.54, 1.807) is 29.5 Å². The molecule has 1 N–H and O–H groups in total. The molecule has 3 aromatic rings. The van der Waals surface area contributed by atoms with Crippen molar-refractivity contribution in [2.75, 3.05) is 16.7 Å². The highest BCUT2D eigenvalue weighted by atomic mass is 32.2. The molecular formula is C18H17N3O3S3. The van der Waals surface area contributed by atoms with Gasteiger partial charge in [-0.3, -0.25) is 9.52 Å². The number of thiophene rings is 1. The molecule has 1 aliphatic heterocycles. The lowest BCUT2D eigenvalue weighted by atomic mass is 9.85. The summed E-state index contributed by atoms with van der Waals surface area (Å²) in [5.41, 5.74) is 2.76. The quantitative estimate of drug-likeness (QED) is 0.695. The predicted octanol–water partition coefficient (Wildman–Crippen LogP) is 3.93.